The van der Waals surface area contributed by atoms with Crippen LogP contribution in [0.1, 0.15) is 81.1 Å². The van der Waals surface area contributed by atoms with Crippen molar-refractivity contribution in [3.63, 3.8) is 0 Å². The number of aliphatic imine (C=N–C) groups is 3. The second-order valence-electron chi connectivity index (χ2n) is 17.2. The highest BCUT2D eigenvalue weighted by Crippen LogP contribution is 2.41. The van der Waals surface area contributed by atoms with E-state index in [0.717, 1.165) is 44.5 Å². The van der Waals surface area contributed by atoms with Gasteiger partial charge in [-0.2, -0.15) is 0 Å². The minimum absolute atomic E-state index is 0.0225. The van der Waals surface area contributed by atoms with Crippen molar-refractivity contribution in [3.8, 4) is 51.4 Å². The zero-order chi connectivity index (χ0) is 50.5. The van der Waals surface area contributed by atoms with Gasteiger partial charge >= 0.3 is 0 Å². The fourth-order valence-electron chi connectivity index (χ4n) is 8.69. The third-order valence-corrected chi connectivity index (χ3v) is 13.1. The average molecular weight is 1010 g/mol. The Morgan fingerprint density at radius 3 is 0.778 bits per heavy atom. The summed E-state index contributed by atoms with van der Waals surface area (Å²) < 4.78 is 0. The fourth-order valence-corrected chi connectivity index (χ4v) is 9.07. The number of hydrogen-bond donors (Lipinski definition) is 6. The summed E-state index contributed by atoms with van der Waals surface area (Å²) >= 11 is 17.7. The van der Waals surface area contributed by atoms with Gasteiger partial charge in [-0.3, -0.25) is 14.4 Å². The number of aromatic amines is 3. The van der Waals surface area contributed by atoms with Crippen LogP contribution in [0.4, 0.5) is 0 Å². The summed E-state index contributed by atoms with van der Waals surface area (Å²) in [6.07, 6.45) is 0. The number of hydrogen-bond acceptors (Lipinski definition) is 6. The van der Waals surface area contributed by atoms with Crippen molar-refractivity contribution < 1.29 is 29.7 Å². The lowest BCUT2D eigenvalue weighted by Crippen LogP contribution is -1.99. The maximum atomic E-state index is 12.5. The number of halogens is 3. The molecule has 3 aromatic heterocycles. The van der Waals surface area contributed by atoms with Gasteiger partial charge < -0.3 is 30.3 Å². The predicted octanol–water partition coefficient (Wildman–Crippen LogP) is 13.0. The lowest BCUT2D eigenvalue weighted by Gasteiger charge is -2.01. The zero-order valence-electron chi connectivity index (χ0n) is 38.4. The van der Waals surface area contributed by atoms with E-state index in [1.807, 2.05) is 93.6 Å². The van der Waals surface area contributed by atoms with E-state index in [2.05, 4.69) is 29.9 Å². The summed E-state index contributed by atoms with van der Waals surface area (Å²) in [4.78, 5) is 58.5. The van der Waals surface area contributed by atoms with Gasteiger partial charge in [0, 0.05) is 31.8 Å². The monoisotopic (exact) mass is 1010 g/mol. The van der Waals surface area contributed by atoms with Crippen molar-refractivity contribution in [1.82, 2.24) is 15.0 Å². The van der Waals surface area contributed by atoms with Gasteiger partial charge in [-0.15, -0.1) is 0 Å². The molecule has 9 aromatic rings. The second-order valence-corrected chi connectivity index (χ2v) is 18.5. The first-order chi connectivity index (χ1) is 34.6. The molecule has 3 aliphatic rings. The standard InChI is InChI=1S/C20H16N2O2.C19H13ClN2O2.C18H10Cl2N2O2/c1-11-3-7-13(8-4-11)17-15-16(20(24)21-17)18(22-19(15)23)14-9-5-12(2)6-10-14;1-10-2-4-11(5-3-10)16-14-15(19(24)21-16)17(22-18(14)23)12-6-8-13(20)9-7-12;19-11-5-1-9(2-6-11)15-13-14(18(24)21-15)16(22-17(13)23)10-3-7-12(20)8-4-10/h3-10,21,24H,1-2H3;2-9,22-23H,1H3;1-8,21,24H. The molecule has 3 aliphatic heterocycles. The number of carbonyl (C=O) groups excluding carboxylic acids is 3. The summed E-state index contributed by atoms with van der Waals surface area (Å²) in [5, 5.41) is 32.9. The maximum Gasteiger partial charge on any atom is 0.280 e. The molecule has 0 saturated heterocycles. The number of fused-ring (bicyclic) bond motifs is 3. The first-order valence-corrected chi connectivity index (χ1v) is 23.5. The molecule has 6 heterocycles. The van der Waals surface area contributed by atoms with Gasteiger partial charge in [-0.05, 0) is 73.9 Å². The highest BCUT2D eigenvalue weighted by molar-refractivity contribution is 6.34. The van der Waals surface area contributed by atoms with E-state index in [1.54, 1.807) is 72.8 Å². The molecule has 0 fully saturated rings. The van der Waals surface area contributed by atoms with E-state index in [4.69, 9.17) is 34.8 Å². The number of rotatable bonds is 6. The SMILES string of the molecule is Cc1ccc(C2=NC(=O)c3c(-c4ccc(C)cc4)[nH]c(O)c32)cc1.Cc1ccc(C2=NC(=O)c3c(-c4ccc(Cl)cc4)[nH]c(O)c32)cc1.O=C1N=C(c2ccc(Cl)cc2)c2c(O)[nH]c(-c3ccc(Cl)cc3)c21. The third kappa shape index (κ3) is 8.83. The Morgan fingerprint density at radius 1 is 0.319 bits per heavy atom. The number of amides is 3. The minimum atomic E-state index is -0.392. The largest absolute Gasteiger partial charge is 0.494 e. The lowest BCUT2D eigenvalue weighted by atomic mass is 9.99. The molecule has 0 saturated carbocycles. The summed E-state index contributed by atoms with van der Waals surface area (Å²) in [7, 11) is 0. The number of aromatic nitrogens is 3. The van der Waals surface area contributed by atoms with E-state index >= 15 is 0 Å². The van der Waals surface area contributed by atoms with Crippen LogP contribution >= 0.6 is 34.8 Å². The smallest absolute Gasteiger partial charge is 0.280 e. The van der Waals surface area contributed by atoms with Crippen molar-refractivity contribution in [2.24, 2.45) is 15.0 Å². The maximum absolute atomic E-state index is 12.5. The molecule has 15 heteroatoms. The first kappa shape index (κ1) is 47.1. The molecule has 12 nitrogen and oxygen atoms in total. The van der Waals surface area contributed by atoms with Gasteiger partial charge in [0.1, 0.15) is 0 Å². The van der Waals surface area contributed by atoms with Crippen LogP contribution in [0.5, 0.6) is 17.6 Å². The van der Waals surface area contributed by atoms with Crippen LogP contribution in [0.15, 0.2) is 161 Å². The topological polar surface area (TPSA) is 196 Å². The number of carbonyl (C=O) groups is 3. The molecule has 72 heavy (non-hydrogen) atoms. The van der Waals surface area contributed by atoms with Crippen LogP contribution in [0.25, 0.3) is 33.8 Å². The summed E-state index contributed by atoms with van der Waals surface area (Å²) in [6, 6.07) is 44.3. The first-order valence-electron chi connectivity index (χ1n) is 22.4. The highest BCUT2D eigenvalue weighted by Gasteiger charge is 2.36. The molecule has 354 valence electrons. The number of benzene rings is 6. The van der Waals surface area contributed by atoms with Crippen LogP contribution in [0.2, 0.25) is 15.1 Å². The van der Waals surface area contributed by atoms with Gasteiger partial charge in [0.2, 0.25) is 0 Å². The van der Waals surface area contributed by atoms with Gasteiger partial charge in [0.05, 0.1) is 67.6 Å². The fraction of sp³-hybridized carbons (Fsp3) is 0.0526. The van der Waals surface area contributed by atoms with Crippen molar-refractivity contribution in [2.75, 3.05) is 0 Å². The molecule has 0 radical (unpaired) electrons. The van der Waals surface area contributed by atoms with Crippen LogP contribution in [0.3, 0.4) is 0 Å². The number of aromatic hydroxyl groups is 3. The summed E-state index contributed by atoms with van der Waals surface area (Å²) in [5.74, 6) is -1.24. The van der Waals surface area contributed by atoms with E-state index < -0.39 is 5.91 Å². The van der Waals surface area contributed by atoms with Crippen LogP contribution in [-0.4, -0.2) is 65.1 Å². The van der Waals surface area contributed by atoms with E-state index in [1.165, 1.54) is 0 Å². The lowest BCUT2D eigenvalue weighted by molar-refractivity contribution is 0.0998. The van der Waals surface area contributed by atoms with Crippen molar-refractivity contribution in [3.05, 3.63) is 227 Å². The Kier molecular flexibility index (Phi) is 12.4. The zero-order valence-corrected chi connectivity index (χ0v) is 40.7. The normalized spacial score (nSPS) is 13.1. The molecular weight excluding hydrogens is 971 g/mol. The van der Waals surface area contributed by atoms with E-state index in [-0.39, 0.29) is 29.5 Å². The minimum Gasteiger partial charge on any atom is -0.494 e. The molecule has 0 atom stereocenters. The molecular formula is C57H39Cl3N6O6. The van der Waals surface area contributed by atoms with Gasteiger partial charge in [0.25, 0.3) is 17.7 Å². The van der Waals surface area contributed by atoms with E-state index in [0.29, 0.717) is 88.2 Å². The van der Waals surface area contributed by atoms with E-state index in [9.17, 15) is 29.7 Å². The Hall–Kier alpha value is -8.55. The predicted molar refractivity (Wildman–Crippen MR) is 282 cm³/mol. The van der Waals surface area contributed by atoms with Crippen LogP contribution in [-0.2, 0) is 0 Å². The average Bonchev–Trinajstić information content (AvgIpc) is 4.22. The number of H-pyrrole nitrogens is 3. The molecule has 0 spiro atoms. The molecule has 6 N–H and O–H groups in total. The molecule has 6 aromatic carbocycles. The highest BCUT2D eigenvalue weighted by atomic mass is 35.5. The third-order valence-electron chi connectivity index (χ3n) is 12.3. The number of nitrogens with one attached hydrogen (secondary N) is 3. The second kappa shape index (κ2) is 19.0. The summed E-state index contributed by atoms with van der Waals surface area (Å²) in [6.45, 7) is 5.99. The molecule has 12 rings (SSSR count). The van der Waals surface area contributed by atoms with Gasteiger partial charge in [-0.1, -0.05) is 161 Å². The Bertz CT molecular complexity index is 3340. The molecule has 0 bridgehead atoms. The number of nitrogens with zero attached hydrogens (tertiary/aromatic N) is 3. The van der Waals surface area contributed by atoms with Crippen LogP contribution < -0.4 is 0 Å². The van der Waals surface area contributed by atoms with Crippen molar-refractivity contribution in [1.29, 1.82) is 0 Å². The number of aryl methyl sites for hydroxylation is 3. The molecule has 0 aliphatic carbocycles. The van der Waals surface area contributed by atoms with Gasteiger partial charge in [-0.25, -0.2) is 15.0 Å². The Labute approximate surface area is 426 Å². The van der Waals surface area contributed by atoms with Crippen molar-refractivity contribution >= 4 is 69.7 Å². The van der Waals surface area contributed by atoms with Gasteiger partial charge in [0.15, 0.2) is 17.6 Å². The Morgan fingerprint density at radius 2 is 0.528 bits per heavy atom. The van der Waals surface area contributed by atoms with Crippen molar-refractivity contribution in [2.45, 2.75) is 20.8 Å². The van der Waals surface area contributed by atoms with Crippen LogP contribution in [0, 0.1) is 20.8 Å². The quantitative estimate of drug-likeness (QED) is 0.0958. The summed E-state index contributed by atoms with van der Waals surface area (Å²) in [5.41, 5.74) is 13.7. The molecule has 3 amide bonds. The Balaban J connectivity index is 0.000000124. The molecule has 0 unspecified atom stereocenters.